The molecule has 3 nitrogen and oxygen atoms in total. The highest BCUT2D eigenvalue weighted by atomic mass is 32.2. The van der Waals surface area contributed by atoms with Crippen molar-refractivity contribution in [2.75, 3.05) is 5.75 Å². The maximum atomic E-state index is 12.3. The van der Waals surface area contributed by atoms with Crippen LogP contribution in [0.2, 0.25) is 0 Å². The smallest absolute Gasteiger partial charge is 0.260 e. The number of aromatic amines is 1. The number of aromatic nitrogens is 2. The van der Waals surface area contributed by atoms with Crippen LogP contribution in [0.25, 0.3) is 10.2 Å². The third-order valence-electron chi connectivity index (χ3n) is 3.26. The molecule has 114 valence electrons. The zero-order chi connectivity index (χ0) is 15.4. The molecule has 1 N–H and O–H groups in total. The van der Waals surface area contributed by atoms with Gasteiger partial charge in [-0.3, -0.25) is 4.79 Å². The van der Waals surface area contributed by atoms with Gasteiger partial charge < -0.3 is 4.98 Å². The summed E-state index contributed by atoms with van der Waals surface area (Å²) in [7, 11) is 0. The molecule has 2 heterocycles. The molecular weight excluding hydrogens is 300 g/mol. The van der Waals surface area contributed by atoms with Crippen molar-refractivity contribution in [2.24, 2.45) is 0 Å². The van der Waals surface area contributed by atoms with E-state index in [0.29, 0.717) is 5.16 Å². The Hall–Kier alpha value is -1.07. The molecular formula is C16H22N2OS2. The van der Waals surface area contributed by atoms with Crippen molar-refractivity contribution >= 4 is 33.3 Å². The maximum absolute atomic E-state index is 12.3. The van der Waals surface area contributed by atoms with Gasteiger partial charge in [0.15, 0.2) is 5.16 Å². The maximum Gasteiger partial charge on any atom is 0.260 e. The van der Waals surface area contributed by atoms with E-state index in [4.69, 9.17) is 0 Å². The quantitative estimate of drug-likeness (QED) is 0.512. The van der Waals surface area contributed by atoms with E-state index in [1.807, 2.05) is 20.8 Å². The molecule has 1 aliphatic carbocycles. The summed E-state index contributed by atoms with van der Waals surface area (Å²) in [4.78, 5) is 22.0. The van der Waals surface area contributed by atoms with Gasteiger partial charge in [0, 0.05) is 10.6 Å². The summed E-state index contributed by atoms with van der Waals surface area (Å²) >= 11 is 3.24. The van der Waals surface area contributed by atoms with Gasteiger partial charge in [-0.15, -0.1) is 11.3 Å². The third-order valence-corrected chi connectivity index (χ3v) is 5.55. The Kier molecular flexibility index (Phi) is 5.65. The molecule has 21 heavy (non-hydrogen) atoms. The lowest BCUT2D eigenvalue weighted by Crippen LogP contribution is -2.11. The molecule has 0 aliphatic heterocycles. The first-order valence-corrected chi connectivity index (χ1v) is 9.27. The number of fused-ring (bicyclic) bond motifs is 3. The van der Waals surface area contributed by atoms with Gasteiger partial charge in [0.05, 0.1) is 5.39 Å². The fourth-order valence-corrected chi connectivity index (χ4v) is 4.43. The van der Waals surface area contributed by atoms with Crippen LogP contribution < -0.4 is 5.56 Å². The first-order valence-electron chi connectivity index (χ1n) is 7.47. The van der Waals surface area contributed by atoms with E-state index in [-0.39, 0.29) is 5.56 Å². The van der Waals surface area contributed by atoms with Gasteiger partial charge in [-0.05, 0) is 38.2 Å². The van der Waals surface area contributed by atoms with Crippen molar-refractivity contribution in [1.29, 1.82) is 0 Å². The zero-order valence-corrected chi connectivity index (χ0v) is 14.5. The summed E-state index contributed by atoms with van der Waals surface area (Å²) < 4.78 is 0. The highest BCUT2D eigenvalue weighted by Gasteiger charge is 2.19. The van der Waals surface area contributed by atoms with Crippen molar-refractivity contribution < 1.29 is 0 Å². The molecule has 0 bridgehead atoms. The average Bonchev–Trinajstić information content (AvgIpc) is 2.86. The average molecular weight is 322 g/mol. The van der Waals surface area contributed by atoms with Crippen molar-refractivity contribution in [3.8, 4) is 0 Å². The Morgan fingerprint density at radius 3 is 2.81 bits per heavy atom. The van der Waals surface area contributed by atoms with Gasteiger partial charge in [0.2, 0.25) is 0 Å². The fraction of sp³-hybridized carbons (Fsp3) is 0.500. The van der Waals surface area contributed by atoms with E-state index in [1.165, 1.54) is 23.3 Å². The largest absolute Gasteiger partial charge is 0.301 e. The molecule has 0 fully saturated rings. The highest BCUT2D eigenvalue weighted by Crippen LogP contribution is 2.34. The number of thioether (sulfide) groups is 1. The number of hydrogen-bond donors (Lipinski definition) is 1. The van der Waals surface area contributed by atoms with Gasteiger partial charge >= 0.3 is 0 Å². The third kappa shape index (κ3) is 3.58. The molecule has 0 radical (unpaired) electrons. The fourth-order valence-electron chi connectivity index (χ4n) is 2.40. The predicted molar refractivity (Wildman–Crippen MR) is 93.8 cm³/mol. The van der Waals surface area contributed by atoms with E-state index in [1.54, 1.807) is 23.1 Å². The van der Waals surface area contributed by atoms with E-state index in [0.717, 1.165) is 34.4 Å². The molecule has 0 unspecified atom stereocenters. The molecule has 0 spiro atoms. The minimum absolute atomic E-state index is 0.0219. The van der Waals surface area contributed by atoms with Crippen molar-refractivity contribution in [1.82, 2.24) is 9.97 Å². The van der Waals surface area contributed by atoms with Gasteiger partial charge in [0.1, 0.15) is 4.83 Å². The predicted octanol–water partition coefficient (Wildman–Crippen LogP) is 4.56. The van der Waals surface area contributed by atoms with Gasteiger partial charge in [-0.25, -0.2) is 4.98 Å². The summed E-state index contributed by atoms with van der Waals surface area (Å²) in [5.41, 5.74) is 2.35. The first-order chi connectivity index (χ1) is 10.1. The standard InChI is InChI=1S/C14H16N2OS2.C2H6/c1-8(2)7-18-14-15-12(17)11-9-5-3-4-6-10(9)19-13(11)16-14;1-2/h1,3-7H2,2H3,(H,15,16,17);1-2H3. The van der Waals surface area contributed by atoms with Gasteiger partial charge in [-0.1, -0.05) is 37.8 Å². The van der Waals surface area contributed by atoms with E-state index < -0.39 is 0 Å². The molecule has 3 rings (SSSR count). The van der Waals surface area contributed by atoms with Crippen molar-refractivity contribution in [3.05, 3.63) is 32.9 Å². The summed E-state index contributed by atoms with van der Waals surface area (Å²) in [6.45, 7) is 9.85. The Morgan fingerprint density at radius 2 is 2.10 bits per heavy atom. The number of hydrogen-bond acceptors (Lipinski definition) is 4. The zero-order valence-electron chi connectivity index (χ0n) is 12.9. The molecule has 1 aliphatic rings. The Morgan fingerprint density at radius 1 is 1.38 bits per heavy atom. The summed E-state index contributed by atoms with van der Waals surface area (Å²) in [6.07, 6.45) is 4.54. The minimum atomic E-state index is 0.0219. The second kappa shape index (κ2) is 7.27. The Labute approximate surface area is 133 Å². The van der Waals surface area contributed by atoms with E-state index in [2.05, 4.69) is 16.5 Å². The van der Waals surface area contributed by atoms with Gasteiger partial charge in [0.25, 0.3) is 5.56 Å². The molecule has 5 heteroatoms. The molecule has 0 aromatic carbocycles. The second-order valence-corrected chi connectivity index (χ2v) is 7.06. The van der Waals surface area contributed by atoms with Crippen LogP contribution in [0.1, 0.15) is 44.1 Å². The number of nitrogens with one attached hydrogen (secondary N) is 1. The molecule has 0 atom stereocenters. The van der Waals surface area contributed by atoms with E-state index >= 15 is 0 Å². The lowest BCUT2D eigenvalue weighted by atomic mass is 9.97. The summed E-state index contributed by atoms with van der Waals surface area (Å²) in [5.74, 6) is 0.791. The lowest BCUT2D eigenvalue weighted by molar-refractivity contribution is 0.700. The number of nitrogens with zero attached hydrogens (tertiary/aromatic N) is 1. The van der Waals surface area contributed by atoms with Crippen LogP contribution in [-0.4, -0.2) is 15.7 Å². The van der Waals surface area contributed by atoms with Crippen LogP contribution in [0.4, 0.5) is 0 Å². The monoisotopic (exact) mass is 322 g/mol. The van der Waals surface area contributed by atoms with Gasteiger partial charge in [-0.2, -0.15) is 0 Å². The molecule has 2 aromatic heterocycles. The van der Waals surface area contributed by atoms with Crippen LogP contribution in [0.3, 0.4) is 0 Å². The van der Waals surface area contributed by atoms with Crippen LogP contribution in [-0.2, 0) is 12.8 Å². The topological polar surface area (TPSA) is 45.8 Å². The molecule has 0 saturated heterocycles. The summed E-state index contributed by atoms with van der Waals surface area (Å²) in [6, 6.07) is 0. The molecule has 2 aromatic rings. The normalized spacial score (nSPS) is 13.5. The van der Waals surface area contributed by atoms with Crippen LogP contribution in [0.15, 0.2) is 22.1 Å². The van der Waals surface area contributed by atoms with Crippen molar-refractivity contribution in [3.63, 3.8) is 0 Å². The second-order valence-electron chi connectivity index (χ2n) is 5.01. The number of aryl methyl sites for hydroxylation is 2. The Bertz CT molecular complexity index is 700. The number of H-pyrrole nitrogens is 1. The lowest BCUT2D eigenvalue weighted by Gasteiger charge is -2.09. The van der Waals surface area contributed by atoms with E-state index in [9.17, 15) is 4.79 Å². The SMILES string of the molecule is C=C(C)CSc1nc2sc3c(c2c(=O)[nH]1)CCCC3.CC. The molecule has 0 saturated carbocycles. The number of thiophene rings is 1. The highest BCUT2D eigenvalue weighted by molar-refractivity contribution is 7.99. The summed E-state index contributed by atoms with van der Waals surface area (Å²) in [5, 5.41) is 1.54. The minimum Gasteiger partial charge on any atom is -0.301 e. The van der Waals surface area contributed by atoms with Crippen LogP contribution in [0, 0.1) is 0 Å². The van der Waals surface area contributed by atoms with Crippen LogP contribution in [0.5, 0.6) is 0 Å². The Balaban J connectivity index is 0.000000774. The molecule has 0 amide bonds. The number of rotatable bonds is 3. The van der Waals surface area contributed by atoms with Crippen LogP contribution >= 0.6 is 23.1 Å². The van der Waals surface area contributed by atoms with Crippen molar-refractivity contribution in [2.45, 2.75) is 51.6 Å². The first kappa shape index (κ1) is 16.3.